The molecule has 3 heteroatoms. The molecule has 2 aromatic rings. The highest BCUT2D eigenvalue weighted by Crippen LogP contribution is 2.23. The maximum atomic E-state index is 11.4. The Hall–Kier alpha value is -2.16. The van der Waals surface area contributed by atoms with Crippen molar-refractivity contribution in [3.63, 3.8) is 0 Å². The number of aromatic nitrogens is 1. The van der Waals surface area contributed by atoms with Gasteiger partial charge in [-0.05, 0) is 43.2 Å². The zero-order valence-corrected chi connectivity index (χ0v) is 10.5. The third-order valence-corrected chi connectivity index (χ3v) is 2.70. The van der Waals surface area contributed by atoms with Gasteiger partial charge in [-0.3, -0.25) is 4.79 Å². The van der Waals surface area contributed by atoms with Crippen LogP contribution in [0.1, 0.15) is 29.8 Å². The Balaban J connectivity index is 2.25. The van der Waals surface area contributed by atoms with Gasteiger partial charge < -0.3 is 4.74 Å². The predicted molar refractivity (Wildman–Crippen MR) is 70.1 cm³/mol. The molecule has 0 spiro atoms. The number of carbonyl (C=O) groups excluding carboxylic acids is 1. The lowest BCUT2D eigenvalue weighted by atomic mass is 10.2. The van der Waals surface area contributed by atoms with Crippen molar-refractivity contribution < 1.29 is 9.53 Å². The molecule has 0 unspecified atom stereocenters. The van der Waals surface area contributed by atoms with Crippen molar-refractivity contribution in [1.29, 1.82) is 0 Å². The second-order valence-corrected chi connectivity index (χ2v) is 4.01. The molecule has 0 radical (unpaired) electrons. The second-order valence-electron chi connectivity index (χ2n) is 4.01. The van der Waals surface area contributed by atoms with Gasteiger partial charge >= 0.3 is 0 Å². The quantitative estimate of drug-likeness (QED) is 0.767. The molecule has 0 amide bonds. The average molecular weight is 241 g/mol. The Labute approximate surface area is 106 Å². The van der Waals surface area contributed by atoms with Crippen LogP contribution in [0.25, 0.3) is 0 Å². The molecule has 1 aromatic heterocycles. The molecule has 0 N–H and O–H groups in total. The van der Waals surface area contributed by atoms with Crippen molar-refractivity contribution >= 4 is 5.78 Å². The molecule has 3 nitrogen and oxygen atoms in total. The number of Topliss-reactive ketones (excluding diaryl/α,β-unsaturated/α-hetero) is 1. The maximum absolute atomic E-state index is 11.4. The molecule has 1 aromatic carbocycles. The minimum Gasteiger partial charge on any atom is -0.438 e. The summed E-state index contributed by atoms with van der Waals surface area (Å²) in [5.74, 6) is 0.992. The SMILES string of the molecule is CCc1ccc(Oc2ncccc2C(C)=O)cc1. The monoisotopic (exact) mass is 241 g/mol. The Morgan fingerprint density at radius 1 is 1.22 bits per heavy atom. The first kappa shape index (κ1) is 12.3. The van der Waals surface area contributed by atoms with Gasteiger partial charge in [0.2, 0.25) is 5.88 Å². The molecule has 0 aliphatic heterocycles. The van der Waals surface area contributed by atoms with Gasteiger partial charge in [0, 0.05) is 6.20 Å². The van der Waals surface area contributed by atoms with Crippen LogP contribution in [0.3, 0.4) is 0 Å². The molecule has 18 heavy (non-hydrogen) atoms. The van der Waals surface area contributed by atoms with E-state index >= 15 is 0 Å². The summed E-state index contributed by atoms with van der Waals surface area (Å²) in [5, 5.41) is 0. The number of benzene rings is 1. The first-order valence-corrected chi connectivity index (χ1v) is 5.93. The molecule has 0 atom stereocenters. The minimum atomic E-state index is -0.0525. The van der Waals surface area contributed by atoms with Crippen LogP contribution < -0.4 is 4.74 Å². The van der Waals surface area contributed by atoms with Crippen LogP contribution in [-0.4, -0.2) is 10.8 Å². The van der Waals surface area contributed by atoms with Crippen LogP contribution in [0.4, 0.5) is 0 Å². The van der Waals surface area contributed by atoms with Crippen LogP contribution in [0.15, 0.2) is 42.6 Å². The fraction of sp³-hybridized carbons (Fsp3) is 0.200. The van der Waals surface area contributed by atoms with Crippen LogP contribution >= 0.6 is 0 Å². The molecule has 0 aliphatic carbocycles. The van der Waals surface area contributed by atoms with E-state index in [0.29, 0.717) is 17.2 Å². The van der Waals surface area contributed by atoms with Crippen molar-refractivity contribution in [2.24, 2.45) is 0 Å². The first-order valence-electron chi connectivity index (χ1n) is 5.93. The minimum absolute atomic E-state index is 0.0525. The highest BCUT2D eigenvalue weighted by atomic mass is 16.5. The van der Waals surface area contributed by atoms with Crippen LogP contribution in [-0.2, 0) is 6.42 Å². The summed E-state index contributed by atoms with van der Waals surface area (Å²) in [7, 11) is 0. The number of rotatable bonds is 4. The van der Waals surface area contributed by atoms with Crippen molar-refractivity contribution in [3.8, 4) is 11.6 Å². The zero-order chi connectivity index (χ0) is 13.0. The lowest BCUT2D eigenvalue weighted by molar-refractivity contribution is 0.101. The van der Waals surface area contributed by atoms with Crippen LogP contribution in [0.2, 0.25) is 0 Å². The standard InChI is InChI=1S/C15H15NO2/c1-3-12-6-8-13(9-7-12)18-15-14(11(2)17)5-4-10-16-15/h4-10H,3H2,1-2H3. The molecular weight excluding hydrogens is 226 g/mol. The summed E-state index contributed by atoms with van der Waals surface area (Å²) in [6.07, 6.45) is 2.60. The number of pyridine rings is 1. The van der Waals surface area contributed by atoms with E-state index < -0.39 is 0 Å². The lowest BCUT2D eigenvalue weighted by Gasteiger charge is -2.08. The molecule has 0 fully saturated rings. The summed E-state index contributed by atoms with van der Waals surface area (Å²) in [6.45, 7) is 3.60. The summed E-state index contributed by atoms with van der Waals surface area (Å²) >= 11 is 0. The Kier molecular flexibility index (Phi) is 3.72. The average Bonchev–Trinajstić information content (AvgIpc) is 2.40. The van der Waals surface area contributed by atoms with Gasteiger partial charge in [0.25, 0.3) is 0 Å². The fourth-order valence-corrected chi connectivity index (χ4v) is 1.64. The van der Waals surface area contributed by atoms with E-state index in [9.17, 15) is 4.79 Å². The topological polar surface area (TPSA) is 39.2 Å². The highest BCUT2D eigenvalue weighted by Gasteiger charge is 2.09. The van der Waals surface area contributed by atoms with Crippen molar-refractivity contribution in [2.45, 2.75) is 20.3 Å². The normalized spacial score (nSPS) is 10.1. The third-order valence-electron chi connectivity index (χ3n) is 2.70. The van der Waals surface area contributed by atoms with E-state index in [2.05, 4.69) is 11.9 Å². The number of ether oxygens (including phenoxy) is 1. The number of ketones is 1. The number of carbonyl (C=O) groups is 1. The lowest BCUT2D eigenvalue weighted by Crippen LogP contribution is -1.98. The summed E-state index contributed by atoms with van der Waals surface area (Å²) < 4.78 is 5.64. The predicted octanol–water partition coefficient (Wildman–Crippen LogP) is 3.64. The maximum Gasteiger partial charge on any atom is 0.230 e. The van der Waals surface area contributed by atoms with Gasteiger partial charge in [0.1, 0.15) is 5.75 Å². The molecule has 0 saturated heterocycles. The largest absolute Gasteiger partial charge is 0.438 e. The van der Waals surface area contributed by atoms with Gasteiger partial charge in [-0.2, -0.15) is 0 Å². The van der Waals surface area contributed by atoms with Crippen molar-refractivity contribution in [3.05, 3.63) is 53.7 Å². The second kappa shape index (κ2) is 5.45. The molecule has 0 aliphatic rings. The van der Waals surface area contributed by atoms with Gasteiger partial charge in [-0.25, -0.2) is 4.98 Å². The smallest absolute Gasteiger partial charge is 0.230 e. The van der Waals surface area contributed by atoms with Crippen molar-refractivity contribution in [1.82, 2.24) is 4.98 Å². The molecule has 1 heterocycles. The van der Waals surface area contributed by atoms with Crippen molar-refractivity contribution in [2.75, 3.05) is 0 Å². The van der Waals surface area contributed by atoms with E-state index in [1.807, 2.05) is 24.3 Å². The Bertz CT molecular complexity index is 547. The van der Waals surface area contributed by atoms with Crippen LogP contribution in [0, 0.1) is 0 Å². The first-order chi connectivity index (χ1) is 8.70. The molecule has 92 valence electrons. The Morgan fingerprint density at radius 3 is 2.56 bits per heavy atom. The molecule has 0 saturated carbocycles. The number of nitrogens with zero attached hydrogens (tertiary/aromatic N) is 1. The number of aryl methyl sites for hydroxylation is 1. The number of hydrogen-bond donors (Lipinski definition) is 0. The van der Waals surface area contributed by atoms with E-state index in [4.69, 9.17) is 4.74 Å². The van der Waals surface area contributed by atoms with Gasteiger partial charge in [0.05, 0.1) is 5.56 Å². The fourth-order valence-electron chi connectivity index (χ4n) is 1.64. The molecular formula is C15H15NO2. The molecule has 2 rings (SSSR count). The summed E-state index contributed by atoms with van der Waals surface area (Å²) in [6, 6.07) is 11.2. The van der Waals surface area contributed by atoms with Crippen LogP contribution in [0.5, 0.6) is 11.6 Å². The van der Waals surface area contributed by atoms with Gasteiger partial charge in [0.15, 0.2) is 5.78 Å². The highest BCUT2D eigenvalue weighted by molar-refractivity contribution is 5.96. The number of hydrogen-bond acceptors (Lipinski definition) is 3. The van der Waals surface area contributed by atoms with E-state index in [1.54, 1.807) is 18.3 Å². The van der Waals surface area contributed by atoms with E-state index in [1.165, 1.54) is 12.5 Å². The zero-order valence-electron chi connectivity index (χ0n) is 10.5. The third kappa shape index (κ3) is 2.74. The molecule has 0 bridgehead atoms. The summed E-state index contributed by atoms with van der Waals surface area (Å²) in [4.78, 5) is 15.5. The van der Waals surface area contributed by atoms with Gasteiger partial charge in [-0.15, -0.1) is 0 Å². The summed E-state index contributed by atoms with van der Waals surface area (Å²) in [5.41, 5.74) is 1.74. The van der Waals surface area contributed by atoms with E-state index in [0.717, 1.165) is 6.42 Å². The van der Waals surface area contributed by atoms with E-state index in [-0.39, 0.29) is 5.78 Å². The van der Waals surface area contributed by atoms with Gasteiger partial charge in [-0.1, -0.05) is 19.1 Å². The Morgan fingerprint density at radius 2 is 1.94 bits per heavy atom.